The fourth-order valence-electron chi connectivity index (χ4n) is 4.28. The lowest BCUT2D eigenvalue weighted by molar-refractivity contribution is 0.0690. The van der Waals surface area contributed by atoms with Crippen LogP contribution >= 0.6 is 11.6 Å². The quantitative estimate of drug-likeness (QED) is 0.493. The van der Waals surface area contributed by atoms with Gasteiger partial charge in [0, 0.05) is 11.6 Å². The molecule has 32 heavy (non-hydrogen) atoms. The Kier molecular flexibility index (Phi) is 6.56. The first-order valence-corrected chi connectivity index (χ1v) is 11.0. The number of halogens is 1. The average molecular weight is 452 g/mol. The summed E-state index contributed by atoms with van der Waals surface area (Å²) in [6.07, 6.45) is 0.704. The maximum Gasteiger partial charge on any atom is 0.258 e. The molecule has 0 fully saturated rings. The van der Waals surface area contributed by atoms with Crippen molar-refractivity contribution in [3.8, 4) is 17.2 Å². The first kappa shape index (κ1) is 22.0. The van der Waals surface area contributed by atoms with Gasteiger partial charge in [-0.3, -0.25) is 4.79 Å². The van der Waals surface area contributed by atoms with E-state index >= 15 is 0 Å². The summed E-state index contributed by atoms with van der Waals surface area (Å²) in [4.78, 5) is 15.7. The molecule has 3 aromatic rings. The molecule has 4 rings (SSSR count). The van der Waals surface area contributed by atoms with Gasteiger partial charge in [-0.05, 0) is 66.4 Å². The minimum absolute atomic E-state index is 0.0838. The van der Waals surface area contributed by atoms with E-state index in [9.17, 15) is 4.79 Å². The molecule has 1 aliphatic heterocycles. The lowest BCUT2D eigenvalue weighted by Crippen LogP contribution is -2.40. The second-order valence-electron chi connectivity index (χ2n) is 7.54. The van der Waals surface area contributed by atoms with Gasteiger partial charge >= 0.3 is 0 Å². The third-order valence-corrected chi connectivity index (χ3v) is 5.95. The molecule has 166 valence electrons. The van der Waals surface area contributed by atoms with Gasteiger partial charge in [-0.1, -0.05) is 35.9 Å². The molecule has 6 heteroatoms. The van der Waals surface area contributed by atoms with E-state index in [1.54, 1.807) is 14.2 Å². The summed E-state index contributed by atoms with van der Waals surface area (Å²) < 4.78 is 16.8. The van der Waals surface area contributed by atoms with Crippen molar-refractivity contribution in [3.63, 3.8) is 0 Å². The third-order valence-electron chi connectivity index (χ3n) is 5.72. The third kappa shape index (κ3) is 4.13. The summed E-state index contributed by atoms with van der Waals surface area (Å²) in [5.41, 5.74) is 3.60. The summed E-state index contributed by atoms with van der Waals surface area (Å²) in [7, 11) is 3.24. The molecule has 0 bridgehead atoms. The summed E-state index contributed by atoms with van der Waals surface area (Å²) in [5.74, 6) is 1.81. The van der Waals surface area contributed by atoms with Crippen LogP contribution in [-0.4, -0.2) is 38.2 Å². The molecule has 3 aromatic carbocycles. The lowest BCUT2D eigenvalue weighted by atomic mass is 9.87. The van der Waals surface area contributed by atoms with E-state index < -0.39 is 0 Å². The molecule has 1 atom stereocenters. The zero-order valence-corrected chi connectivity index (χ0v) is 19.2. The van der Waals surface area contributed by atoms with Crippen LogP contribution in [-0.2, 0) is 6.42 Å². The Morgan fingerprint density at radius 2 is 1.75 bits per heavy atom. The van der Waals surface area contributed by atoms with Crippen molar-refractivity contribution >= 4 is 17.5 Å². The fraction of sp³-hybridized carbons (Fsp3) is 0.269. The zero-order valence-electron chi connectivity index (χ0n) is 18.4. The van der Waals surface area contributed by atoms with Gasteiger partial charge in [0.1, 0.15) is 5.75 Å². The number of para-hydroxylation sites is 1. The molecular formula is C26H26ClNO4. The molecule has 0 N–H and O–H groups in total. The van der Waals surface area contributed by atoms with Crippen molar-refractivity contribution < 1.29 is 19.0 Å². The molecule has 1 unspecified atom stereocenters. The molecule has 0 aromatic heterocycles. The molecule has 5 nitrogen and oxygen atoms in total. The SMILES string of the molecule is CCOc1ccccc1C(=O)N1CCc2cc(OC)c(OC)cc2C1c1cccc(Cl)c1. The van der Waals surface area contributed by atoms with Crippen LogP contribution in [0.5, 0.6) is 17.2 Å². The highest BCUT2D eigenvalue weighted by atomic mass is 35.5. The van der Waals surface area contributed by atoms with Crippen molar-refractivity contribution in [1.82, 2.24) is 4.90 Å². The second kappa shape index (κ2) is 9.53. The Hall–Kier alpha value is -3.18. The van der Waals surface area contributed by atoms with E-state index in [0.717, 1.165) is 16.7 Å². The van der Waals surface area contributed by atoms with Gasteiger partial charge in [-0.15, -0.1) is 0 Å². The van der Waals surface area contributed by atoms with Crippen LogP contribution in [0, 0.1) is 0 Å². The molecule has 0 saturated heterocycles. The van der Waals surface area contributed by atoms with Gasteiger partial charge in [0.15, 0.2) is 11.5 Å². The largest absolute Gasteiger partial charge is 0.493 e. The predicted octanol–water partition coefficient (Wildman–Crippen LogP) is 5.54. The summed E-state index contributed by atoms with van der Waals surface area (Å²) in [6.45, 7) is 2.95. The predicted molar refractivity (Wildman–Crippen MR) is 125 cm³/mol. The maximum absolute atomic E-state index is 13.8. The molecule has 0 spiro atoms. The van der Waals surface area contributed by atoms with Gasteiger partial charge < -0.3 is 19.1 Å². The normalized spacial score (nSPS) is 15.1. The summed E-state index contributed by atoms with van der Waals surface area (Å²) in [5, 5.41) is 0.622. The summed E-state index contributed by atoms with van der Waals surface area (Å²) >= 11 is 6.34. The first-order chi connectivity index (χ1) is 15.6. The van der Waals surface area contributed by atoms with Crippen LogP contribution in [0.25, 0.3) is 0 Å². The van der Waals surface area contributed by atoms with E-state index in [1.165, 1.54) is 0 Å². The van der Waals surface area contributed by atoms with E-state index in [4.69, 9.17) is 25.8 Å². The van der Waals surface area contributed by atoms with E-state index in [0.29, 0.717) is 47.4 Å². The van der Waals surface area contributed by atoms with Crippen LogP contribution in [0.4, 0.5) is 0 Å². The van der Waals surface area contributed by atoms with Gasteiger partial charge in [0.2, 0.25) is 0 Å². The number of benzene rings is 3. The number of hydrogen-bond acceptors (Lipinski definition) is 4. The Bertz CT molecular complexity index is 1130. The molecule has 0 radical (unpaired) electrons. The number of ether oxygens (including phenoxy) is 3. The summed E-state index contributed by atoms with van der Waals surface area (Å²) in [6, 6.07) is 18.7. The second-order valence-corrected chi connectivity index (χ2v) is 7.98. The van der Waals surface area contributed by atoms with Crippen molar-refractivity contribution in [1.29, 1.82) is 0 Å². The number of hydrogen-bond donors (Lipinski definition) is 0. The highest BCUT2D eigenvalue weighted by Crippen LogP contribution is 2.42. The highest BCUT2D eigenvalue weighted by molar-refractivity contribution is 6.30. The van der Waals surface area contributed by atoms with E-state index in [-0.39, 0.29) is 11.9 Å². The van der Waals surface area contributed by atoms with Gasteiger partial charge in [-0.25, -0.2) is 0 Å². The van der Waals surface area contributed by atoms with E-state index in [1.807, 2.05) is 72.5 Å². The molecule has 1 heterocycles. The van der Waals surface area contributed by atoms with Crippen molar-refractivity contribution in [2.45, 2.75) is 19.4 Å². The minimum Gasteiger partial charge on any atom is -0.493 e. The van der Waals surface area contributed by atoms with Crippen molar-refractivity contribution in [3.05, 3.63) is 87.9 Å². The Morgan fingerprint density at radius 1 is 1.00 bits per heavy atom. The lowest BCUT2D eigenvalue weighted by Gasteiger charge is -2.38. The Balaban J connectivity index is 1.86. The number of methoxy groups -OCH3 is 2. The molecule has 1 aliphatic rings. The van der Waals surface area contributed by atoms with Crippen molar-refractivity contribution in [2.24, 2.45) is 0 Å². The molecule has 0 aliphatic carbocycles. The fourth-order valence-corrected chi connectivity index (χ4v) is 4.48. The van der Waals surface area contributed by atoms with Crippen molar-refractivity contribution in [2.75, 3.05) is 27.4 Å². The highest BCUT2D eigenvalue weighted by Gasteiger charge is 2.34. The van der Waals surface area contributed by atoms with Crippen LogP contribution in [0.1, 0.15) is 40.0 Å². The monoisotopic (exact) mass is 451 g/mol. The van der Waals surface area contributed by atoms with E-state index in [2.05, 4.69) is 0 Å². The maximum atomic E-state index is 13.8. The smallest absolute Gasteiger partial charge is 0.258 e. The van der Waals surface area contributed by atoms with Gasteiger partial charge in [0.25, 0.3) is 5.91 Å². The number of carbonyl (C=O) groups excluding carboxylic acids is 1. The topological polar surface area (TPSA) is 48.0 Å². The molecule has 1 amide bonds. The Labute approximate surface area is 193 Å². The molecule has 0 saturated carbocycles. The minimum atomic E-state index is -0.320. The number of fused-ring (bicyclic) bond motifs is 1. The standard InChI is InChI=1S/C26H26ClNO4/c1-4-32-22-11-6-5-10-20(22)26(29)28-13-12-17-15-23(30-2)24(31-3)16-21(17)25(28)18-8-7-9-19(27)14-18/h5-11,14-16,25H,4,12-13H2,1-3H3. The number of rotatable bonds is 6. The van der Waals surface area contributed by atoms with Gasteiger partial charge in [0.05, 0.1) is 32.4 Å². The van der Waals surface area contributed by atoms with Crippen LogP contribution in [0.3, 0.4) is 0 Å². The number of carbonyl (C=O) groups is 1. The Morgan fingerprint density at radius 3 is 2.47 bits per heavy atom. The van der Waals surface area contributed by atoms with Crippen LogP contribution < -0.4 is 14.2 Å². The number of nitrogens with zero attached hydrogens (tertiary/aromatic N) is 1. The van der Waals surface area contributed by atoms with Crippen LogP contribution in [0.2, 0.25) is 5.02 Å². The number of amides is 1. The molecular weight excluding hydrogens is 426 g/mol. The zero-order chi connectivity index (χ0) is 22.7. The van der Waals surface area contributed by atoms with Crippen LogP contribution in [0.15, 0.2) is 60.7 Å². The average Bonchev–Trinajstić information content (AvgIpc) is 2.82. The van der Waals surface area contributed by atoms with Gasteiger partial charge in [-0.2, -0.15) is 0 Å². The first-order valence-electron chi connectivity index (χ1n) is 10.6.